The first-order chi connectivity index (χ1) is 13.9. The molecule has 9 nitrogen and oxygen atoms in total. The number of rotatable bonds is 9. The van der Waals surface area contributed by atoms with Gasteiger partial charge in [-0.2, -0.15) is 5.10 Å². The third-order valence-corrected chi connectivity index (χ3v) is 7.35. The maximum atomic E-state index is 12.5. The Balaban J connectivity index is 1.79. The van der Waals surface area contributed by atoms with Gasteiger partial charge in [-0.1, -0.05) is 0 Å². The van der Waals surface area contributed by atoms with Crippen LogP contribution in [0.2, 0.25) is 0 Å². The van der Waals surface area contributed by atoms with E-state index in [4.69, 9.17) is 10.5 Å². The number of methoxy groups -OCH3 is 1. The number of nitrogens with one attached hydrogen (secondary N) is 2. The van der Waals surface area contributed by atoms with Crippen molar-refractivity contribution in [2.45, 2.75) is 31.7 Å². The van der Waals surface area contributed by atoms with Crippen molar-refractivity contribution < 1.29 is 17.9 Å². The molecule has 0 atom stereocenters. The molecule has 0 bridgehead atoms. The topological polar surface area (TPSA) is 130 Å². The Hall–Kier alpha value is -2.01. The number of carbonyl (C=O) groups excluding carboxylic acids is 1. The van der Waals surface area contributed by atoms with Gasteiger partial charge in [-0.05, 0) is 44.0 Å². The van der Waals surface area contributed by atoms with Crippen molar-refractivity contribution in [3.8, 4) is 0 Å². The van der Waals surface area contributed by atoms with Crippen molar-refractivity contribution in [3.63, 3.8) is 0 Å². The van der Waals surface area contributed by atoms with E-state index in [-0.39, 0.29) is 11.7 Å². The summed E-state index contributed by atoms with van der Waals surface area (Å²) < 4.78 is 31.5. The summed E-state index contributed by atoms with van der Waals surface area (Å²) in [6.45, 7) is 1.98. The van der Waals surface area contributed by atoms with E-state index in [1.54, 1.807) is 17.5 Å². The van der Waals surface area contributed by atoms with Gasteiger partial charge in [0.1, 0.15) is 0 Å². The molecule has 1 aromatic carbocycles. The van der Waals surface area contributed by atoms with Crippen LogP contribution in [-0.4, -0.2) is 68.4 Å². The molecule has 4 N–H and O–H groups in total. The molecule has 160 valence electrons. The van der Waals surface area contributed by atoms with Gasteiger partial charge in [-0.3, -0.25) is 9.89 Å². The van der Waals surface area contributed by atoms with Crippen molar-refractivity contribution in [3.05, 3.63) is 29.0 Å². The van der Waals surface area contributed by atoms with Crippen LogP contribution in [0.5, 0.6) is 0 Å². The number of nitrogens with zero attached hydrogens (tertiary/aromatic N) is 2. The van der Waals surface area contributed by atoms with Gasteiger partial charge in [0.05, 0.1) is 22.5 Å². The Labute approximate surface area is 171 Å². The normalized spacial score (nSPS) is 16.5. The zero-order valence-corrected chi connectivity index (χ0v) is 17.7. The fourth-order valence-corrected chi connectivity index (χ4v) is 5.44. The molecule has 29 heavy (non-hydrogen) atoms. The molecule has 2 aromatic rings. The number of sulfonamides is 1. The average Bonchev–Trinajstić information content (AvgIpc) is 3.11. The van der Waals surface area contributed by atoms with E-state index in [0.29, 0.717) is 56.6 Å². The second-order valence-corrected chi connectivity index (χ2v) is 9.49. The smallest absolute Gasteiger partial charge is 0.250 e. The quantitative estimate of drug-likeness (QED) is 0.514. The third-order valence-electron chi connectivity index (χ3n) is 5.39. The van der Waals surface area contributed by atoms with Gasteiger partial charge >= 0.3 is 0 Å². The number of H-pyrrole nitrogens is 1. The molecule has 1 aliphatic rings. The predicted octanol–water partition coefficient (Wildman–Crippen LogP) is 0.927. The van der Waals surface area contributed by atoms with Crippen LogP contribution in [0.1, 0.15) is 46.8 Å². The maximum absolute atomic E-state index is 12.5. The highest BCUT2D eigenvalue weighted by molar-refractivity contribution is 7.89. The number of hydrogen-bond acceptors (Lipinski definition) is 6. The molecule has 0 aliphatic carbocycles. The minimum Gasteiger partial charge on any atom is -0.385 e. The summed E-state index contributed by atoms with van der Waals surface area (Å²) in [6, 6.07) is 3.79. The molecule has 3 rings (SSSR count). The van der Waals surface area contributed by atoms with E-state index >= 15 is 0 Å². The molecule has 1 amide bonds. The van der Waals surface area contributed by atoms with E-state index in [9.17, 15) is 13.2 Å². The molecule has 1 aliphatic heterocycles. The van der Waals surface area contributed by atoms with Crippen molar-refractivity contribution in [2.24, 2.45) is 5.73 Å². The highest BCUT2D eigenvalue weighted by atomic mass is 32.2. The molecule has 1 aromatic heterocycles. The molecule has 0 unspecified atom stereocenters. The number of ether oxygens (including phenoxy) is 1. The summed E-state index contributed by atoms with van der Waals surface area (Å²) in [4.78, 5) is 11.9. The van der Waals surface area contributed by atoms with E-state index in [1.165, 1.54) is 0 Å². The van der Waals surface area contributed by atoms with Crippen LogP contribution in [-0.2, 0) is 21.3 Å². The van der Waals surface area contributed by atoms with Crippen LogP contribution in [0.4, 0.5) is 0 Å². The van der Waals surface area contributed by atoms with Crippen molar-refractivity contribution in [2.75, 3.05) is 39.6 Å². The van der Waals surface area contributed by atoms with Gasteiger partial charge in [0, 0.05) is 44.7 Å². The number of aromatic amines is 1. The molecule has 0 spiro atoms. The first-order valence-corrected chi connectivity index (χ1v) is 11.4. The Kier molecular flexibility index (Phi) is 6.89. The number of piperidine rings is 1. The highest BCUT2D eigenvalue weighted by Gasteiger charge is 2.30. The second-order valence-electron chi connectivity index (χ2n) is 7.41. The molecule has 1 saturated heterocycles. The van der Waals surface area contributed by atoms with Crippen molar-refractivity contribution in [1.82, 2.24) is 19.8 Å². The Bertz CT molecular complexity index is 964. The average molecular weight is 424 g/mol. The Morgan fingerprint density at radius 2 is 2.10 bits per heavy atom. The lowest BCUT2D eigenvalue weighted by Crippen LogP contribution is -2.39. The van der Waals surface area contributed by atoms with Crippen LogP contribution in [0, 0.1) is 0 Å². The Morgan fingerprint density at radius 3 is 2.72 bits per heavy atom. The van der Waals surface area contributed by atoms with Crippen molar-refractivity contribution in [1.29, 1.82) is 0 Å². The van der Waals surface area contributed by atoms with E-state index in [2.05, 4.69) is 15.5 Å². The summed E-state index contributed by atoms with van der Waals surface area (Å²) >= 11 is 0. The lowest BCUT2D eigenvalue weighted by molar-refractivity contribution is 0.100. The molecular formula is C19H29N5O4S. The zero-order valence-electron chi connectivity index (χ0n) is 16.9. The minimum absolute atomic E-state index is 0.103. The molecule has 0 saturated carbocycles. The third kappa shape index (κ3) is 4.77. The highest BCUT2D eigenvalue weighted by Crippen LogP contribution is 2.34. The van der Waals surface area contributed by atoms with Gasteiger partial charge < -0.3 is 15.8 Å². The van der Waals surface area contributed by atoms with Crippen molar-refractivity contribution >= 4 is 26.8 Å². The van der Waals surface area contributed by atoms with Crippen LogP contribution in [0.3, 0.4) is 0 Å². The monoisotopic (exact) mass is 423 g/mol. The summed E-state index contributed by atoms with van der Waals surface area (Å²) in [5.41, 5.74) is 8.45. The fourth-order valence-electron chi connectivity index (χ4n) is 3.93. The predicted molar refractivity (Wildman–Crippen MR) is 111 cm³/mol. The minimum atomic E-state index is -3.27. The molecular weight excluding hydrogens is 394 g/mol. The lowest BCUT2D eigenvalue weighted by atomic mass is 9.91. The maximum Gasteiger partial charge on any atom is 0.250 e. The first kappa shape index (κ1) is 21.7. The number of primary amides is 1. The Morgan fingerprint density at radius 1 is 1.38 bits per heavy atom. The number of amides is 1. The van der Waals surface area contributed by atoms with Gasteiger partial charge in [-0.25, -0.2) is 12.7 Å². The van der Waals surface area contributed by atoms with Crippen LogP contribution in [0.15, 0.2) is 12.1 Å². The molecule has 0 radical (unpaired) electrons. The largest absolute Gasteiger partial charge is 0.385 e. The van der Waals surface area contributed by atoms with Gasteiger partial charge in [-0.15, -0.1) is 0 Å². The fraction of sp³-hybridized carbons (Fsp3) is 0.579. The van der Waals surface area contributed by atoms with E-state index < -0.39 is 15.9 Å². The van der Waals surface area contributed by atoms with Gasteiger partial charge in [0.25, 0.3) is 5.91 Å². The SMILES string of the molecule is CNCc1cc(C(N)=O)c2[nH]nc(C3CCN(S(=O)(=O)CCCOC)CC3)c2c1. The van der Waals surface area contributed by atoms with Gasteiger partial charge in [0.15, 0.2) is 0 Å². The lowest BCUT2D eigenvalue weighted by Gasteiger charge is -2.30. The first-order valence-electron chi connectivity index (χ1n) is 9.79. The molecule has 10 heteroatoms. The van der Waals surface area contributed by atoms with Crippen LogP contribution >= 0.6 is 0 Å². The number of aromatic nitrogens is 2. The number of hydrogen-bond donors (Lipinski definition) is 3. The number of benzene rings is 1. The number of fused-ring (bicyclic) bond motifs is 1. The van der Waals surface area contributed by atoms with E-state index in [1.807, 2.05) is 13.1 Å². The van der Waals surface area contributed by atoms with Crippen LogP contribution < -0.4 is 11.1 Å². The summed E-state index contributed by atoms with van der Waals surface area (Å²) in [7, 11) is 0.141. The standard InChI is InChI=1S/C19H29N5O4S/c1-21-12-13-10-15-17(22-23-18(15)16(11-13)19(20)25)14-4-6-24(7-5-14)29(26,27)9-3-8-28-2/h10-11,14,21H,3-9,12H2,1-2H3,(H2,20,25)(H,22,23). The summed E-state index contributed by atoms with van der Waals surface area (Å²) in [5, 5.41) is 11.4. The second kappa shape index (κ2) is 9.21. The molecule has 1 fully saturated rings. The summed E-state index contributed by atoms with van der Waals surface area (Å²) in [6.07, 6.45) is 1.87. The van der Waals surface area contributed by atoms with Gasteiger partial charge in [0.2, 0.25) is 10.0 Å². The number of nitrogens with two attached hydrogens (primary N) is 1. The zero-order chi connectivity index (χ0) is 21.0. The molecule has 2 heterocycles. The number of carbonyl (C=O) groups is 1. The van der Waals surface area contributed by atoms with E-state index in [0.717, 1.165) is 16.6 Å². The summed E-state index contributed by atoms with van der Waals surface area (Å²) in [5.74, 6) is -0.272. The van der Waals surface area contributed by atoms with Crippen LogP contribution in [0.25, 0.3) is 10.9 Å².